The van der Waals surface area contributed by atoms with E-state index in [-0.39, 0.29) is 17.7 Å². The molecule has 0 bridgehead atoms. The number of likely N-dealkylation sites (N-methyl/N-ethyl adjacent to an activating group) is 2. The Morgan fingerprint density at radius 3 is 2.37 bits per heavy atom. The molecule has 0 radical (unpaired) electrons. The van der Waals surface area contributed by atoms with Crippen LogP contribution in [0.2, 0.25) is 0 Å². The van der Waals surface area contributed by atoms with Crippen LogP contribution in [0.25, 0.3) is 0 Å². The summed E-state index contributed by atoms with van der Waals surface area (Å²) in [5, 5.41) is 12.1. The molecule has 19 heavy (non-hydrogen) atoms. The third kappa shape index (κ3) is 5.19. The Kier molecular flexibility index (Phi) is 6.28. The monoisotopic (exact) mass is 270 g/mol. The molecule has 1 amide bonds. The van der Waals surface area contributed by atoms with Gasteiger partial charge in [-0.2, -0.15) is 0 Å². The van der Waals surface area contributed by atoms with Crippen LogP contribution in [0.1, 0.15) is 44.9 Å². The van der Waals surface area contributed by atoms with Crippen LogP contribution in [0.15, 0.2) is 0 Å². The number of rotatable bonds is 7. The number of aliphatic carboxylic acids is 1. The van der Waals surface area contributed by atoms with E-state index in [1.54, 1.807) is 11.9 Å². The number of nitrogens with one attached hydrogen (secondary N) is 1. The summed E-state index contributed by atoms with van der Waals surface area (Å²) in [7, 11) is 3.64. The Morgan fingerprint density at radius 2 is 1.84 bits per heavy atom. The topological polar surface area (TPSA) is 69.6 Å². The van der Waals surface area contributed by atoms with Crippen molar-refractivity contribution in [2.75, 3.05) is 27.2 Å². The molecule has 0 unspecified atom stereocenters. The highest BCUT2D eigenvalue weighted by atomic mass is 16.4. The van der Waals surface area contributed by atoms with Crippen LogP contribution in [-0.4, -0.2) is 49.1 Å². The van der Waals surface area contributed by atoms with Gasteiger partial charge in [0.1, 0.15) is 0 Å². The molecule has 1 fully saturated rings. The van der Waals surface area contributed by atoms with E-state index in [1.807, 2.05) is 7.05 Å². The van der Waals surface area contributed by atoms with Crippen LogP contribution < -0.4 is 5.32 Å². The third-order valence-electron chi connectivity index (χ3n) is 4.09. The fraction of sp³-hybridized carbons (Fsp3) is 0.857. The molecule has 0 heterocycles. The summed E-state index contributed by atoms with van der Waals surface area (Å²) in [6.07, 6.45) is 5.47. The van der Waals surface area contributed by atoms with Crippen LogP contribution in [0.4, 0.5) is 0 Å². The average Bonchev–Trinajstić information content (AvgIpc) is 2.35. The number of hydrogen-bond acceptors (Lipinski definition) is 3. The lowest BCUT2D eigenvalue weighted by molar-refractivity contribution is -0.142. The number of carboxylic acids is 1. The van der Waals surface area contributed by atoms with E-state index >= 15 is 0 Å². The van der Waals surface area contributed by atoms with E-state index in [9.17, 15) is 9.59 Å². The van der Waals surface area contributed by atoms with Crippen molar-refractivity contribution in [3.63, 3.8) is 0 Å². The first-order chi connectivity index (χ1) is 8.99. The zero-order valence-electron chi connectivity index (χ0n) is 12.1. The van der Waals surface area contributed by atoms with Gasteiger partial charge in [0.05, 0.1) is 6.42 Å². The molecule has 0 spiro atoms. The molecular formula is C14H26N2O3. The molecule has 0 saturated heterocycles. The molecule has 5 heteroatoms. The van der Waals surface area contributed by atoms with Gasteiger partial charge in [0.15, 0.2) is 0 Å². The minimum atomic E-state index is -0.785. The van der Waals surface area contributed by atoms with Crippen molar-refractivity contribution in [1.82, 2.24) is 10.2 Å². The van der Waals surface area contributed by atoms with Gasteiger partial charge in [0.2, 0.25) is 5.91 Å². The number of nitrogens with zero attached hydrogens (tertiary/aromatic N) is 1. The first kappa shape index (κ1) is 16.0. The van der Waals surface area contributed by atoms with Gasteiger partial charge in [-0.05, 0) is 25.3 Å². The van der Waals surface area contributed by atoms with Crippen LogP contribution in [0.5, 0.6) is 0 Å². The molecule has 110 valence electrons. The van der Waals surface area contributed by atoms with Gasteiger partial charge in [-0.1, -0.05) is 19.3 Å². The summed E-state index contributed by atoms with van der Waals surface area (Å²) < 4.78 is 0. The van der Waals surface area contributed by atoms with Crippen molar-refractivity contribution in [1.29, 1.82) is 0 Å². The minimum absolute atomic E-state index is 0.0680. The molecule has 0 aromatic heterocycles. The van der Waals surface area contributed by atoms with Gasteiger partial charge < -0.3 is 15.3 Å². The number of hydrogen-bond donors (Lipinski definition) is 2. The van der Waals surface area contributed by atoms with E-state index in [0.717, 1.165) is 38.6 Å². The minimum Gasteiger partial charge on any atom is -0.481 e. The van der Waals surface area contributed by atoms with E-state index in [0.29, 0.717) is 13.0 Å². The summed E-state index contributed by atoms with van der Waals surface area (Å²) in [5.74, 6) is -0.717. The van der Waals surface area contributed by atoms with E-state index in [1.165, 1.54) is 0 Å². The zero-order chi connectivity index (χ0) is 14.3. The maximum atomic E-state index is 12.2. The first-order valence-electron chi connectivity index (χ1n) is 7.09. The van der Waals surface area contributed by atoms with Gasteiger partial charge in [-0.15, -0.1) is 0 Å². The van der Waals surface area contributed by atoms with Crippen molar-refractivity contribution in [2.45, 2.75) is 44.9 Å². The Morgan fingerprint density at radius 1 is 1.21 bits per heavy atom. The van der Waals surface area contributed by atoms with Gasteiger partial charge in [0.25, 0.3) is 0 Å². The molecule has 0 aromatic rings. The van der Waals surface area contributed by atoms with E-state index < -0.39 is 5.97 Å². The number of amides is 1. The van der Waals surface area contributed by atoms with Crippen molar-refractivity contribution < 1.29 is 14.7 Å². The molecule has 2 N–H and O–H groups in total. The average molecular weight is 270 g/mol. The van der Waals surface area contributed by atoms with E-state index in [2.05, 4.69) is 5.32 Å². The summed E-state index contributed by atoms with van der Waals surface area (Å²) in [5.41, 5.74) is -0.310. The molecule has 0 aliphatic heterocycles. The molecular weight excluding hydrogens is 244 g/mol. The molecule has 1 saturated carbocycles. The van der Waals surface area contributed by atoms with Crippen LogP contribution in [-0.2, 0) is 9.59 Å². The largest absolute Gasteiger partial charge is 0.481 e. The predicted octanol–water partition coefficient (Wildman–Crippen LogP) is 1.48. The van der Waals surface area contributed by atoms with Crippen molar-refractivity contribution >= 4 is 11.9 Å². The lowest BCUT2D eigenvalue weighted by atomic mass is 9.69. The van der Waals surface area contributed by atoms with Crippen molar-refractivity contribution in [3.8, 4) is 0 Å². The second kappa shape index (κ2) is 7.48. The van der Waals surface area contributed by atoms with Crippen molar-refractivity contribution in [3.05, 3.63) is 0 Å². The molecule has 1 aliphatic carbocycles. The molecule has 0 aromatic carbocycles. The fourth-order valence-electron chi connectivity index (χ4n) is 2.90. The predicted molar refractivity (Wildman–Crippen MR) is 74.0 cm³/mol. The lowest BCUT2D eigenvalue weighted by Gasteiger charge is -2.36. The van der Waals surface area contributed by atoms with Gasteiger partial charge in [0, 0.05) is 26.6 Å². The Labute approximate surface area is 115 Å². The summed E-state index contributed by atoms with van der Waals surface area (Å²) in [6.45, 7) is 1.42. The first-order valence-corrected chi connectivity index (χ1v) is 7.09. The van der Waals surface area contributed by atoms with Crippen molar-refractivity contribution in [2.24, 2.45) is 5.41 Å². The zero-order valence-corrected chi connectivity index (χ0v) is 12.1. The summed E-state index contributed by atoms with van der Waals surface area (Å²) >= 11 is 0. The highest BCUT2D eigenvalue weighted by Crippen LogP contribution is 2.42. The van der Waals surface area contributed by atoms with Gasteiger partial charge >= 0.3 is 5.97 Å². The van der Waals surface area contributed by atoms with Crippen LogP contribution in [0.3, 0.4) is 0 Å². The lowest BCUT2D eigenvalue weighted by Crippen LogP contribution is -2.38. The maximum Gasteiger partial charge on any atom is 0.303 e. The molecule has 0 atom stereocenters. The maximum absolute atomic E-state index is 12.2. The third-order valence-corrected chi connectivity index (χ3v) is 4.09. The quantitative estimate of drug-likeness (QED) is 0.735. The standard InChI is InChI=1S/C14H26N2O3/c1-15-8-9-16(2)12(17)10-14(11-13(18)19)6-4-3-5-7-14/h15H,3-11H2,1-2H3,(H,18,19). The number of carbonyl (C=O) groups excluding carboxylic acids is 1. The van der Waals surface area contributed by atoms with Crippen LogP contribution >= 0.6 is 0 Å². The summed E-state index contributed by atoms with van der Waals surface area (Å²) in [4.78, 5) is 25.0. The SMILES string of the molecule is CNCCN(C)C(=O)CC1(CC(=O)O)CCCCC1. The normalized spacial score (nSPS) is 18.0. The van der Waals surface area contributed by atoms with E-state index in [4.69, 9.17) is 5.11 Å². The highest BCUT2D eigenvalue weighted by molar-refractivity contribution is 5.78. The smallest absolute Gasteiger partial charge is 0.303 e. The second-order valence-electron chi connectivity index (χ2n) is 5.73. The Hall–Kier alpha value is -1.10. The van der Waals surface area contributed by atoms with Crippen LogP contribution in [0, 0.1) is 5.41 Å². The number of carbonyl (C=O) groups is 2. The molecule has 1 aliphatic rings. The second-order valence-corrected chi connectivity index (χ2v) is 5.73. The Bertz CT molecular complexity index is 312. The van der Waals surface area contributed by atoms with Gasteiger partial charge in [-0.3, -0.25) is 9.59 Å². The molecule has 5 nitrogen and oxygen atoms in total. The van der Waals surface area contributed by atoms with Gasteiger partial charge in [-0.25, -0.2) is 0 Å². The summed E-state index contributed by atoms with van der Waals surface area (Å²) in [6, 6.07) is 0. The fourth-order valence-corrected chi connectivity index (χ4v) is 2.90. The Balaban J connectivity index is 2.61. The molecule has 1 rings (SSSR count). The highest BCUT2D eigenvalue weighted by Gasteiger charge is 2.37. The number of carboxylic acid groups (broad SMARTS) is 1.